The van der Waals surface area contributed by atoms with Gasteiger partial charge >= 0.3 is 0 Å². The molecule has 0 radical (unpaired) electrons. The van der Waals surface area contributed by atoms with Gasteiger partial charge in [-0.1, -0.05) is 23.4 Å². The Bertz CT molecular complexity index is 811. The van der Waals surface area contributed by atoms with E-state index < -0.39 is 0 Å². The number of hydrogen-bond acceptors (Lipinski definition) is 4. The van der Waals surface area contributed by atoms with Gasteiger partial charge in [-0.3, -0.25) is 9.59 Å². The van der Waals surface area contributed by atoms with Gasteiger partial charge in [-0.25, -0.2) is 0 Å². The minimum Gasteiger partial charge on any atom is -0.361 e. The van der Waals surface area contributed by atoms with Gasteiger partial charge in [-0.15, -0.1) is 0 Å². The minimum absolute atomic E-state index is 0.0232. The number of benzene rings is 1. The van der Waals surface area contributed by atoms with Gasteiger partial charge in [0.25, 0.3) is 5.91 Å². The van der Waals surface area contributed by atoms with E-state index in [4.69, 9.17) is 4.52 Å². The van der Waals surface area contributed by atoms with Gasteiger partial charge in [-0.05, 0) is 44.7 Å². The molecule has 1 aliphatic carbocycles. The molecular weight excluding hydrogens is 330 g/mol. The molecule has 1 saturated heterocycles. The van der Waals surface area contributed by atoms with Gasteiger partial charge in [0.15, 0.2) is 0 Å². The molecule has 1 N–H and O–H groups in total. The summed E-state index contributed by atoms with van der Waals surface area (Å²) < 4.78 is 5.17. The van der Waals surface area contributed by atoms with Crippen molar-refractivity contribution in [2.75, 3.05) is 6.54 Å². The Morgan fingerprint density at radius 2 is 2.00 bits per heavy atom. The van der Waals surface area contributed by atoms with E-state index in [9.17, 15) is 9.59 Å². The molecule has 0 unspecified atom stereocenters. The van der Waals surface area contributed by atoms with Crippen LogP contribution in [0.4, 0.5) is 0 Å². The molecule has 2 aromatic rings. The first-order valence-corrected chi connectivity index (χ1v) is 9.10. The van der Waals surface area contributed by atoms with Gasteiger partial charge < -0.3 is 14.7 Å². The van der Waals surface area contributed by atoms with Crippen molar-refractivity contribution >= 4 is 11.8 Å². The van der Waals surface area contributed by atoms with Crippen LogP contribution in [0.15, 0.2) is 34.9 Å². The topological polar surface area (TPSA) is 75.4 Å². The number of aryl methyl sites for hydroxylation is 2. The van der Waals surface area contributed by atoms with E-state index in [2.05, 4.69) is 10.5 Å². The van der Waals surface area contributed by atoms with Crippen molar-refractivity contribution in [3.05, 3.63) is 52.9 Å². The number of piperidine rings is 1. The highest BCUT2D eigenvalue weighted by atomic mass is 16.5. The maximum absolute atomic E-state index is 12.9. The van der Waals surface area contributed by atoms with Gasteiger partial charge in [0.1, 0.15) is 5.76 Å². The molecule has 0 spiro atoms. The van der Waals surface area contributed by atoms with Crippen LogP contribution in [-0.4, -0.2) is 40.5 Å². The third-order valence-corrected chi connectivity index (χ3v) is 5.66. The molecule has 3 atom stereocenters. The van der Waals surface area contributed by atoms with Crippen LogP contribution in [0.5, 0.6) is 0 Å². The third-order valence-electron chi connectivity index (χ3n) is 5.66. The quantitative estimate of drug-likeness (QED) is 0.915. The Hall–Kier alpha value is -2.63. The normalized spacial score (nSPS) is 24.1. The van der Waals surface area contributed by atoms with Crippen LogP contribution >= 0.6 is 0 Å². The smallest absolute Gasteiger partial charge is 0.251 e. The third kappa shape index (κ3) is 3.00. The van der Waals surface area contributed by atoms with Gasteiger partial charge in [0, 0.05) is 23.7 Å². The van der Waals surface area contributed by atoms with E-state index in [-0.39, 0.29) is 23.9 Å². The maximum atomic E-state index is 12.9. The molecule has 1 aliphatic heterocycles. The van der Waals surface area contributed by atoms with Gasteiger partial charge in [-0.2, -0.15) is 0 Å². The zero-order valence-corrected chi connectivity index (χ0v) is 15.1. The molecule has 26 heavy (non-hydrogen) atoms. The lowest BCUT2D eigenvalue weighted by Crippen LogP contribution is -2.52. The van der Waals surface area contributed by atoms with Crippen LogP contribution in [0.1, 0.15) is 40.2 Å². The Morgan fingerprint density at radius 3 is 2.65 bits per heavy atom. The van der Waals surface area contributed by atoms with Crippen LogP contribution < -0.4 is 5.32 Å². The fourth-order valence-corrected chi connectivity index (χ4v) is 4.32. The summed E-state index contributed by atoms with van der Waals surface area (Å²) in [5, 5.41) is 7.06. The molecule has 6 heteroatoms. The number of carbonyl (C=O) groups excluding carboxylic acids is 2. The second kappa shape index (κ2) is 6.59. The largest absolute Gasteiger partial charge is 0.361 e. The average Bonchev–Trinajstić information content (AvgIpc) is 3.32. The number of nitrogens with one attached hydrogen (secondary N) is 1. The summed E-state index contributed by atoms with van der Waals surface area (Å²) in [6.07, 6.45) is 2.22. The first-order valence-electron chi connectivity index (χ1n) is 9.10. The summed E-state index contributed by atoms with van der Waals surface area (Å²) in [4.78, 5) is 27.3. The SMILES string of the molecule is Cc1noc(C)c1CC(=O)N1C[C@@H]2C[C@H](NC(=O)c3ccccc3)[C@H]1C2. The number of carbonyl (C=O) groups is 2. The molecule has 2 heterocycles. The first-order chi connectivity index (χ1) is 12.5. The highest BCUT2D eigenvalue weighted by molar-refractivity contribution is 5.94. The summed E-state index contributed by atoms with van der Waals surface area (Å²) in [5.41, 5.74) is 2.31. The molecule has 136 valence electrons. The summed E-state index contributed by atoms with van der Waals surface area (Å²) in [5.74, 6) is 1.19. The summed E-state index contributed by atoms with van der Waals surface area (Å²) in [6.45, 7) is 4.48. The van der Waals surface area contributed by atoms with Crippen molar-refractivity contribution in [1.82, 2.24) is 15.4 Å². The molecule has 4 rings (SSSR count). The van der Waals surface area contributed by atoms with Crippen molar-refractivity contribution in [2.45, 2.75) is 45.2 Å². The van der Waals surface area contributed by atoms with Crippen molar-refractivity contribution in [3.8, 4) is 0 Å². The Labute approximate surface area is 152 Å². The Balaban J connectivity index is 1.43. The van der Waals surface area contributed by atoms with Crippen molar-refractivity contribution < 1.29 is 14.1 Å². The fourth-order valence-electron chi connectivity index (χ4n) is 4.32. The number of amides is 2. The fraction of sp³-hybridized carbons (Fsp3) is 0.450. The average molecular weight is 353 g/mol. The number of aromatic nitrogens is 1. The van der Waals surface area contributed by atoms with Crippen LogP contribution in [0, 0.1) is 19.8 Å². The minimum atomic E-state index is -0.0683. The summed E-state index contributed by atoms with van der Waals surface area (Å²) in [6, 6.07) is 9.33. The lowest BCUT2D eigenvalue weighted by molar-refractivity contribution is -0.132. The lowest BCUT2D eigenvalue weighted by atomic mass is 10.0. The molecule has 1 aromatic heterocycles. The molecule has 2 fully saturated rings. The van der Waals surface area contributed by atoms with E-state index in [1.165, 1.54) is 0 Å². The number of hydrogen-bond donors (Lipinski definition) is 1. The van der Waals surface area contributed by atoms with Crippen molar-refractivity contribution in [2.24, 2.45) is 5.92 Å². The number of nitrogens with zero attached hydrogens (tertiary/aromatic N) is 2. The standard InChI is InChI=1S/C20H23N3O3/c1-12-16(13(2)26-22-12)10-19(24)23-11-14-8-17(18(23)9-14)21-20(25)15-6-4-3-5-7-15/h3-7,14,17-18H,8-11H2,1-2H3,(H,21,25)/t14-,17+,18-/m1/s1. The zero-order chi connectivity index (χ0) is 18.3. The molecule has 2 bridgehead atoms. The predicted molar refractivity (Wildman–Crippen MR) is 95.6 cm³/mol. The molecule has 2 aliphatic rings. The molecule has 1 saturated carbocycles. The molecule has 2 amide bonds. The molecular formula is C20H23N3O3. The van der Waals surface area contributed by atoms with E-state index in [1.54, 1.807) is 0 Å². The van der Waals surface area contributed by atoms with Crippen LogP contribution in [0.25, 0.3) is 0 Å². The maximum Gasteiger partial charge on any atom is 0.251 e. The van der Waals surface area contributed by atoms with Gasteiger partial charge in [0.2, 0.25) is 5.91 Å². The zero-order valence-electron chi connectivity index (χ0n) is 15.1. The van der Waals surface area contributed by atoms with Crippen molar-refractivity contribution in [3.63, 3.8) is 0 Å². The molecule has 1 aromatic carbocycles. The number of fused-ring (bicyclic) bond motifs is 2. The first kappa shape index (κ1) is 16.8. The highest BCUT2D eigenvalue weighted by Crippen LogP contribution is 2.38. The number of rotatable bonds is 4. The van der Waals surface area contributed by atoms with Gasteiger partial charge in [0.05, 0.1) is 18.2 Å². The highest BCUT2D eigenvalue weighted by Gasteiger charge is 2.47. The molecule has 6 nitrogen and oxygen atoms in total. The predicted octanol–water partition coefficient (Wildman–Crippen LogP) is 2.25. The van der Waals surface area contributed by atoms with E-state index >= 15 is 0 Å². The summed E-state index contributed by atoms with van der Waals surface area (Å²) >= 11 is 0. The summed E-state index contributed by atoms with van der Waals surface area (Å²) in [7, 11) is 0. The van der Waals surface area contributed by atoms with Crippen LogP contribution in [-0.2, 0) is 11.2 Å². The van der Waals surface area contributed by atoms with E-state index in [1.807, 2.05) is 49.1 Å². The monoisotopic (exact) mass is 353 g/mol. The van der Waals surface area contributed by atoms with Crippen LogP contribution in [0.2, 0.25) is 0 Å². The number of likely N-dealkylation sites (tertiary alicyclic amines) is 1. The van der Waals surface area contributed by atoms with Crippen molar-refractivity contribution in [1.29, 1.82) is 0 Å². The second-order valence-electron chi connectivity index (χ2n) is 7.38. The Morgan fingerprint density at radius 1 is 1.23 bits per heavy atom. The Kier molecular flexibility index (Phi) is 4.26. The van der Waals surface area contributed by atoms with E-state index in [0.717, 1.165) is 30.6 Å². The second-order valence-corrected chi connectivity index (χ2v) is 7.38. The van der Waals surface area contributed by atoms with E-state index in [0.29, 0.717) is 23.7 Å². The lowest BCUT2D eigenvalue weighted by Gasteiger charge is -2.34. The van der Waals surface area contributed by atoms with Crippen LogP contribution in [0.3, 0.4) is 0 Å².